The van der Waals surface area contributed by atoms with E-state index in [9.17, 15) is 9.59 Å². The van der Waals surface area contributed by atoms with Crippen LogP contribution in [0.1, 0.15) is 37.7 Å². The monoisotopic (exact) mass is 346 g/mol. The minimum atomic E-state index is -0.477. The van der Waals surface area contributed by atoms with Gasteiger partial charge in [0.1, 0.15) is 6.07 Å². The van der Waals surface area contributed by atoms with E-state index >= 15 is 0 Å². The molecule has 126 valence electrons. The predicted octanol–water partition coefficient (Wildman–Crippen LogP) is 3.52. The molecular formula is C18H19ClN2O3. The van der Waals surface area contributed by atoms with Crippen LogP contribution in [0.15, 0.2) is 18.2 Å². The maximum atomic E-state index is 11.9. The number of rotatable bonds is 5. The molecule has 2 bridgehead atoms. The average Bonchev–Trinajstić information content (AvgIpc) is 3.16. The molecule has 0 saturated heterocycles. The van der Waals surface area contributed by atoms with E-state index in [0.29, 0.717) is 34.5 Å². The molecule has 1 aromatic carbocycles. The topological polar surface area (TPSA) is 79.2 Å². The first-order valence-electron chi connectivity index (χ1n) is 8.20. The van der Waals surface area contributed by atoms with Crippen LogP contribution < -0.4 is 5.32 Å². The zero-order valence-corrected chi connectivity index (χ0v) is 14.0. The van der Waals surface area contributed by atoms with Crippen LogP contribution in [0, 0.1) is 29.1 Å². The number of fused-ring (bicyclic) bond motifs is 2. The van der Waals surface area contributed by atoms with Crippen molar-refractivity contribution < 1.29 is 14.3 Å². The molecule has 24 heavy (non-hydrogen) atoms. The lowest BCUT2D eigenvalue weighted by Gasteiger charge is -2.20. The van der Waals surface area contributed by atoms with Crippen LogP contribution in [0.4, 0.5) is 5.69 Å². The van der Waals surface area contributed by atoms with Crippen molar-refractivity contribution in [3.8, 4) is 6.07 Å². The van der Waals surface area contributed by atoms with Crippen LogP contribution in [0.25, 0.3) is 0 Å². The first-order valence-corrected chi connectivity index (χ1v) is 8.58. The Kier molecular flexibility index (Phi) is 5.06. The quantitative estimate of drug-likeness (QED) is 0.827. The molecule has 3 rings (SSSR count). The molecule has 0 spiro atoms. The van der Waals surface area contributed by atoms with Crippen LogP contribution in [0.2, 0.25) is 5.02 Å². The maximum Gasteiger partial charge on any atom is 0.306 e. The molecule has 0 radical (unpaired) electrons. The third-order valence-corrected chi connectivity index (χ3v) is 5.29. The lowest BCUT2D eigenvalue weighted by Crippen LogP contribution is -2.23. The smallest absolute Gasteiger partial charge is 0.306 e. The van der Waals surface area contributed by atoms with Gasteiger partial charge in [0.2, 0.25) is 0 Å². The number of hydrogen-bond acceptors (Lipinski definition) is 4. The van der Waals surface area contributed by atoms with E-state index in [1.165, 1.54) is 31.4 Å². The molecule has 6 heteroatoms. The predicted molar refractivity (Wildman–Crippen MR) is 89.3 cm³/mol. The standard InChI is InChI=1S/C18H19ClN2O3/c19-15-4-3-13(9-20)16(8-15)21-17(22)10-24-18(23)7-14-6-11-1-2-12(14)5-11/h3-4,8,11-12,14H,1-2,5-7,10H2,(H,21,22)/t11-,12+,14-/m0/s1. The van der Waals surface area contributed by atoms with Gasteiger partial charge in [0, 0.05) is 11.4 Å². The molecule has 2 aliphatic rings. The highest BCUT2D eigenvalue weighted by molar-refractivity contribution is 6.31. The fourth-order valence-electron chi connectivity index (χ4n) is 3.95. The minimum Gasteiger partial charge on any atom is -0.456 e. The summed E-state index contributed by atoms with van der Waals surface area (Å²) in [7, 11) is 0. The van der Waals surface area contributed by atoms with E-state index in [1.807, 2.05) is 6.07 Å². The first-order chi connectivity index (χ1) is 11.5. The van der Waals surface area contributed by atoms with E-state index in [2.05, 4.69) is 5.32 Å². The number of nitriles is 1. The van der Waals surface area contributed by atoms with E-state index in [1.54, 1.807) is 6.07 Å². The molecule has 2 fully saturated rings. The molecule has 0 aromatic heterocycles. The minimum absolute atomic E-state index is 0.307. The Bertz CT molecular complexity index is 698. The number of hydrogen-bond donors (Lipinski definition) is 1. The Morgan fingerprint density at radius 2 is 2.17 bits per heavy atom. The van der Waals surface area contributed by atoms with Gasteiger partial charge in [-0.2, -0.15) is 5.26 Å². The van der Waals surface area contributed by atoms with Gasteiger partial charge in [-0.3, -0.25) is 9.59 Å². The van der Waals surface area contributed by atoms with Crippen molar-refractivity contribution in [3.05, 3.63) is 28.8 Å². The summed E-state index contributed by atoms with van der Waals surface area (Å²) in [5.41, 5.74) is 0.625. The summed E-state index contributed by atoms with van der Waals surface area (Å²) in [5.74, 6) is 1.05. The summed E-state index contributed by atoms with van der Waals surface area (Å²) in [6, 6.07) is 6.57. The summed E-state index contributed by atoms with van der Waals surface area (Å²) in [4.78, 5) is 23.9. The second-order valence-electron chi connectivity index (χ2n) is 6.65. The lowest BCUT2D eigenvalue weighted by atomic mass is 9.86. The Morgan fingerprint density at radius 3 is 2.83 bits per heavy atom. The van der Waals surface area contributed by atoms with Crippen LogP contribution >= 0.6 is 11.6 Å². The van der Waals surface area contributed by atoms with Gasteiger partial charge in [-0.15, -0.1) is 0 Å². The zero-order chi connectivity index (χ0) is 17.1. The number of esters is 1. The number of carbonyl (C=O) groups is 2. The van der Waals surface area contributed by atoms with Gasteiger partial charge in [-0.1, -0.05) is 18.0 Å². The maximum absolute atomic E-state index is 11.9. The first kappa shape index (κ1) is 16.8. The van der Waals surface area contributed by atoms with Crippen molar-refractivity contribution in [2.45, 2.75) is 32.1 Å². The van der Waals surface area contributed by atoms with Gasteiger partial charge in [0.15, 0.2) is 6.61 Å². The summed E-state index contributed by atoms with van der Waals surface area (Å²) in [6.45, 7) is -0.350. The summed E-state index contributed by atoms with van der Waals surface area (Å²) in [6.07, 6.45) is 5.26. The Morgan fingerprint density at radius 1 is 1.33 bits per heavy atom. The fraction of sp³-hybridized carbons (Fsp3) is 0.500. The van der Waals surface area contributed by atoms with Crippen molar-refractivity contribution in [1.29, 1.82) is 5.26 Å². The van der Waals surface area contributed by atoms with Crippen LogP contribution in [0.5, 0.6) is 0 Å². The number of carbonyl (C=O) groups excluding carboxylic acids is 2. The Hall–Kier alpha value is -2.06. The van der Waals surface area contributed by atoms with Crippen molar-refractivity contribution >= 4 is 29.2 Å². The Labute approximate surface area is 145 Å². The van der Waals surface area contributed by atoms with E-state index < -0.39 is 5.91 Å². The molecule has 3 atom stereocenters. The molecule has 2 aliphatic carbocycles. The number of benzene rings is 1. The van der Waals surface area contributed by atoms with E-state index in [0.717, 1.165) is 12.3 Å². The van der Waals surface area contributed by atoms with Gasteiger partial charge in [0.25, 0.3) is 5.91 Å². The fourth-order valence-corrected chi connectivity index (χ4v) is 4.12. The van der Waals surface area contributed by atoms with Gasteiger partial charge in [-0.05, 0) is 55.2 Å². The zero-order valence-electron chi connectivity index (χ0n) is 13.3. The largest absolute Gasteiger partial charge is 0.456 e. The molecule has 1 amide bonds. The average molecular weight is 347 g/mol. The van der Waals surface area contributed by atoms with Crippen molar-refractivity contribution in [2.75, 3.05) is 11.9 Å². The van der Waals surface area contributed by atoms with Gasteiger partial charge >= 0.3 is 5.97 Å². The van der Waals surface area contributed by atoms with Crippen LogP contribution in [0.3, 0.4) is 0 Å². The third kappa shape index (κ3) is 3.88. The Balaban J connectivity index is 1.46. The van der Waals surface area contributed by atoms with Crippen LogP contribution in [-0.2, 0) is 14.3 Å². The summed E-state index contributed by atoms with van der Waals surface area (Å²) >= 11 is 5.86. The summed E-state index contributed by atoms with van der Waals surface area (Å²) in [5, 5.41) is 12.0. The molecule has 0 aliphatic heterocycles. The molecule has 0 heterocycles. The van der Waals surface area contributed by atoms with Gasteiger partial charge in [0.05, 0.1) is 11.3 Å². The van der Waals surface area contributed by atoms with Crippen LogP contribution in [-0.4, -0.2) is 18.5 Å². The molecule has 0 unspecified atom stereocenters. The molecule has 1 aromatic rings. The highest BCUT2D eigenvalue weighted by atomic mass is 35.5. The lowest BCUT2D eigenvalue weighted by molar-refractivity contribution is -0.148. The number of ether oxygens (including phenoxy) is 1. The highest BCUT2D eigenvalue weighted by Crippen LogP contribution is 2.49. The second-order valence-corrected chi connectivity index (χ2v) is 7.09. The number of nitrogens with zero attached hydrogens (tertiary/aromatic N) is 1. The molecule has 5 nitrogen and oxygen atoms in total. The highest BCUT2D eigenvalue weighted by Gasteiger charge is 2.40. The molecule has 2 saturated carbocycles. The number of halogens is 1. The number of nitrogens with one attached hydrogen (secondary N) is 1. The molecular weight excluding hydrogens is 328 g/mol. The summed E-state index contributed by atoms with van der Waals surface area (Å²) < 4.78 is 5.08. The third-order valence-electron chi connectivity index (χ3n) is 5.05. The molecule has 1 N–H and O–H groups in total. The van der Waals surface area contributed by atoms with Crippen molar-refractivity contribution in [1.82, 2.24) is 0 Å². The van der Waals surface area contributed by atoms with Gasteiger partial charge in [-0.25, -0.2) is 0 Å². The van der Waals surface area contributed by atoms with Crippen molar-refractivity contribution in [3.63, 3.8) is 0 Å². The van der Waals surface area contributed by atoms with Gasteiger partial charge < -0.3 is 10.1 Å². The number of anilines is 1. The van der Waals surface area contributed by atoms with E-state index in [-0.39, 0.29) is 12.6 Å². The normalized spacial score (nSPS) is 24.4. The van der Waals surface area contributed by atoms with Crippen molar-refractivity contribution in [2.24, 2.45) is 17.8 Å². The number of amides is 1. The van der Waals surface area contributed by atoms with E-state index in [4.69, 9.17) is 21.6 Å². The SMILES string of the molecule is N#Cc1ccc(Cl)cc1NC(=O)COC(=O)C[C@@H]1C[C@H]2CC[C@@H]1C2. The second kappa shape index (κ2) is 7.23.